The Balaban J connectivity index is 1.32. The van der Waals surface area contributed by atoms with Gasteiger partial charge in [-0.15, -0.1) is 0 Å². The highest BCUT2D eigenvalue weighted by Gasteiger charge is 2.37. The number of anilines is 1. The first-order chi connectivity index (χ1) is 14.0. The molecule has 4 rings (SSSR count). The fourth-order valence-corrected chi connectivity index (χ4v) is 4.16. The van der Waals surface area contributed by atoms with E-state index < -0.39 is 5.60 Å². The monoisotopic (exact) mass is 416 g/mol. The van der Waals surface area contributed by atoms with Crippen molar-refractivity contribution in [1.82, 2.24) is 4.90 Å². The Morgan fingerprint density at radius 1 is 1.14 bits per heavy atom. The zero-order valence-electron chi connectivity index (χ0n) is 16.4. The van der Waals surface area contributed by atoms with Crippen LogP contribution in [0.4, 0.5) is 10.5 Å². The molecule has 0 unspecified atom stereocenters. The van der Waals surface area contributed by atoms with Crippen LogP contribution in [0, 0.1) is 0 Å². The minimum absolute atomic E-state index is 0.189. The average molecular weight is 417 g/mol. The van der Waals surface area contributed by atoms with E-state index >= 15 is 0 Å². The van der Waals surface area contributed by atoms with Crippen LogP contribution in [-0.2, 0) is 10.3 Å². The summed E-state index contributed by atoms with van der Waals surface area (Å²) < 4.78 is 10.7. The Bertz CT molecular complexity index is 848. The third-order valence-electron chi connectivity index (χ3n) is 5.78. The average Bonchev–Trinajstić information content (AvgIpc) is 3.10. The van der Waals surface area contributed by atoms with Crippen LogP contribution in [0.2, 0.25) is 5.02 Å². The van der Waals surface area contributed by atoms with Crippen molar-refractivity contribution >= 4 is 23.4 Å². The second-order valence-corrected chi connectivity index (χ2v) is 8.09. The van der Waals surface area contributed by atoms with Gasteiger partial charge in [0.1, 0.15) is 11.9 Å². The molecule has 1 atom stereocenters. The third-order valence-corrected chi connectivity index (χ3v) is 6.04. The number of likely N-dealkylation sites (tertiary alicyclic amines) is 1. The van der Waals surface area contributed by atoms with E-state index in [2.05, 4.69) is 4.90 Å². The van der Waals surface area contributed by atoms with Crippen molar-refractivity contribution in [2.24, 2.45) is 0 Å². The lowest BCUT2D eigenvalue weighted by Gasteiger charge is -2.39. The normalized spacial score (nSPS) is 21.8. The van der Waals surface area contributed by atoms with Crippen LogP contribution in [0.15, 0.2) is 48.5 Å². The molecule has 0 radical (unpaired) electrons. The van der Waals surface area contributed by atoms with Crippen LogP contribution in [0.25, 0.3) is 0 Å². The quantitative estimate of drug-likeness (QED) is 0.806. The first-order valence-corrected chi connectivity index (χ1v) is 10.2. The van der Waals surface area contributed by atoms with E-state index in [1.54, 1.807) is 12.0 Å². The first-order valence-electron chi connectivity index (χ1n) is 9.80. The van der Waals surface area contributed by atoms with Crippen LogP contribution < -0.4 is 9.64 Å². The van der Waals surface area contributed by atoms with E-state index in [-0.39, 0.29) is 12.2 Å². The molecule has 1 N–H and O–H groups in total. The minimum Gasteiger partial charge on any atom is -0.497 e. The van der Waals surface area contributed by atoms with Gasteiger partial charge >= 0.3 is 6.09 Å². The van der Waals surface area contributed by atoms with Crippen LogP contribution in [0.5, 0.6) is 5.75 Å². The zero-order valence-corrected chi connectivity index (χ0v) is 17.1. The molecule has 154 valence electrons. The molecule has 2 saturated heterocycles. The van der Waals surface area contributed by atoms with E-state index in [1.165, 1.54) is 0 Å². The van der Waals surface area contributed by atoms with Crippen molar-refractivity contribution < 1.29 is 19.4 Å². The van der Waals surface area contributed by atoms with Crippen LogP contribution in [-0.4, -0.2) is 55.5 Å². The van der Waals surface area contributed by atoms with Gasteiger partial charge in [0, 0.05) is 30.3 Å². The second-order valence-electron chi connectivity index (χ2n) is 7.65. The van der Waals surface area contributed by atoms with Gasteiger partial charge < -0.3 is 14.6 Å². The molecule has 2 aromatic rings. The smallest absolute Gasteiger partial charge is 0.414 e. The van der Waals surface area contributed by atoms with Gasteiger partial charge in [0.25, 0.3) is 0 Å². The lowest BCUT2D eigenvalue weighted by molar-refractivity contribution is -0.0324. The Morgan fingerprint density at radius 2 is 1.79 bits per heavy atom. The summed E-state index contributed by atoms with van der Waals surface area (Å²) >= 11 is 5.96. The number of carbonyl (C=O) groups is 1. The van der Waals surface area contributed by atoms with Gasteiger partial charge in [0.15, 0.2) is 0 Å². The number of piperidine rings is 1. The van der Waals surface area contributed by atoms with E-state index in [1.807, 2.05) is 48.5 Å². The second kappa shape index (κ2) is 8.22. The fourth-order valence-electron chi connectivity index (χ4n) is 4.03. The van der Waals surface area contributed by atoms with Crippen molar-refractivity contribution in [2.45, 2.75) is 24.5 Å². The highest BCUT2D eigenvalue weighted by atomic mass is 35.5. The number of hydrogen-bond donors (Lipinski definition) is 1. The van der Waals surface area contributed by atoms with Gasteiger partial charge in [0.05, 0.1) is 19.3 Å². The number of rotatable bonds is 5. The molecule has 7 heteroatoms. The summed E-state index contributed by atoms with van der Waals surface area (Å²) in [6, 6.07) is 14.8. The van der Waals surface area contributed by atoms with Gasteiger partial charge in [0.2, 0.25) is 0 Å². The van der Waals surface area contributed by atoms with Gasteiger partial charge in [-0.3, -0.25) is 9.80 Å². The summed E-state index contributed by atoms with van der Waals surface area (Å²) in [6.07, 6.45) is 0.760. The van der Waals surface area contributed by atoms with E-state index in [9.17, 15) is 9.90 Å². The van der Waals surface area contributed by atoms with Crippen molar-refractivity contribution in [3.63, 3.8) is 0 Å². The minimum atomic E-state index is -0.831. The number of benzene rings is 2. The summed E-state index contributed by atoms with van der Waals surface area (Å²) in [5.41, 5.74) is 0.872. The fraction of sp³-hybridized carbons (Fsp3) is 0.409. The molecule has 0 spiro atoms. The molecule has 29 heavy (non-hydrogen) atoms. The predicted molar refractivity (Wildman–Crippen MR) is 112 cm³/mol. The topological polar surface area (TPSA) is 62.2 Å². The maximum Gasteiger partial charge on any atom is 0.414 e. The molecule has 0 aromatic heterocycles. The van der Waals surface area contributed by atoms with Gasteiger partial charge in [-0.1, -0.05) is 23.7 Å². The molecule has 2 aromatic carbocycles. The molecule has 2 aliphatic heterocycles. The van der Waals surface area contributed by atoms with Gasteiger partial charge in [-0.2, -0.15) is 0 Å². The first kappa shape index (κ1) is 20.0. The maximum atomic E-state index is 12.3. The number of carbonyl (C=O) groups excluding carboxylic acids is 1. The molecule has 6 nitrogen and oxygen atoms in total. The molecule has 2 aliphatic rings. The Hall–Kier alpha value is -2.28. The molecular formula is C22H25ClN2O4. The molecule has 0 aliphatic carbocycles. The Morgan fingerprint density at radius 3 is 2.41 bits per heavy atom. The summed E-state index contributed by atoms with van der Waals surface area (Å²) in [6.45, 7) is 2.67. The van der Waals surface area contributed by atoms with Crippen molar-refractivity contribution in [1.29, 1.82) is 0 Å². The number of cyclic esters (lactones) is 1. The van der Waals surface area contributed by atoms with Crippen LogP contribution in [0.1, 0.15) is 18.4 Å². The summed E-state index contributed by atoms with van der Waals surface area (Å²) in [7, 11) is 1.61. The molecule has 0 saturated carbocycles. The number of halogens is 1. The number of hydrogen-bond acceptors (Lipinski definition) is 5. The van der Waals surface area contributed by atoms with E-state index in [4.69, 9.17) is 21.1 Å². The zero-order chi connectivity index (χ0) is 20.4. The summed E-state index contributed by atoms with van der Waals surface area (Å²) in [5.74, 6) is 0.749. The highest BCUT2D eigenvalue weighted by Crippen LogP contribution is 2.34. The predicted octanol–water partition coefficient (Wildman–Crippen LogP) is 3.66. The molecule has 1 amide bonds. The summed E-state index contributed by atoms with van der Waals surface area (Å²) in [4.78, 5) is 16.2. The summed E-state index contributed by atoms with van der Waals surface area (Å²) in [5, 5.41) is 11.7. The van der Waals surface area contributed by atoms with Gasteiger partial charge in [-0.05, 0) is 54.8 Å². The molecule has 2 heterocycles. The number of amides is 1. The largest absolute Gasteiger partial charge is 0.497 e. The van der Waals surface area contributed by atoms with Crippen molar-refractivity contribution in [3.05, 3.63) is 59.1 Å². The van der Waals surface area contributed by atoms with E-state index in [0.717, 1.165) is 30.1 Å². The number of nitrogens with zero attached hydrogens (tertiary/aromatic N) is 2. The Kier molecular flexibility index (Phi) is 5.67. The van der Waals surface area contributed by atoms with Crippen LogP contribution >= 0.6 is 11.6 Å². The van der Waals surface area contributed by atoms with Crippen molar-refractivity contribution in [3.8, 4) is 5.75 Å². The standard InChI is InChI=1S/C22H25ClN2O4/c1-28-19-8-6-18(7-9-19)25-15-20(29-21(25)26)14-24-12-10-22(27,11-13-24)16-2-4-17(23)5-3-16/h2-9,20,27H,10-15H2,1H3/t20-/m0/s1. The SMILES string of the molecule is COc1ccc(N2C[C@H](CN3CCC(O)(c4ccc(Cl)cc4)CC3)OC2=O)cc1. The van der Waals surface area contributed by atoms with Crippen molar-refractivity contribution in [2.75, 3.05) is 38.2 Å². The maximum absolute atomic E-state index is 12.3. The van der Waals surface area contributed by atoms with Gasteiger partial charge in [-0.25, -0.2) is 4.79 Å². The lowest BCUT2D eigenvalue weighted by atomic mass is 9.84. The number of ether oxygens (including phenoxy) is 2. The molecular weight excluding hydrogens is 392 g/mol. The van der Waals surface area contributed by atoms with E-state index in [0.29, 0.717) is 31.0 Å². The Labute approximate surface area is 175 Å². The number of aliphatic hydroxyl groups is 1. The lowest BCUT2D eigenvalue weighted by Crippen LogP contribution is -2.45. The number of methoxy groups -OCH3 is 1. The third kappa shape index (κ3) is 4.34. The molecule has 2 fully saturated rings. The van der Waals surface area contributed by atoms with Crippen LogP contribution in [0.3, 0.4) is 0 Å². The molecule has 0 bridgehead atoms. The highest BCUT2D eigenvalue weighted by molar-refractivity contribution is 6.30.